The summed E-state index contributed by atoms with van der Waals surface area (Å²) in [4.78, 5) is 0. The minimum atomic E-state index is -0.225. The van der Waals surface area contributed by atoms with Crippen molar-refractivity contribution < 1.29 is 4.39 Å². The molecule has 0 atom stereocenters. The van der Waals surface area contributed by atoms with E-state index in [1.165, 1.54) is 12.1 Å². The fourth-order valence-electron chi connectivity index (χ4n) is 1.57. The Balaban J connectivity index is 2.18. The molecule has 0 radical (unpaired) electrons. The van der Waals surface area contributed by atoms with E-state index in [1.54, 1.807) is 10.7 Å². The highest BCUT2D eigenvalue weighted by molar-refractivity contribution is 14.1. The monoisotopic (exact) mass is 359 g/mol. The highest BCUT2D eigenvalue weighted by Gasteiger charge is 2.06. The van der Waals surface area contributed by atoms with E-state index >= 15 is 0 Å². The second-order valence-electron chi connectivity index (χ2n) is 4.38. The first-order valence-electron chi connectivity index (χ1n) is 5.79. The summed E-state index contributed by atoms with van der Waals surface area (Å²) in [5.41, 5.74) is 1.87. The predicted octanol–water partition coefficient (Wildman–Crippen LogP) is 3.11. The van der Waals surface area contributed by atoms with E-state index in [1.807, 2.05) is 12.3 Å². The van der Waals surface area contributed by atoms with E-state index in [0.717, 1.165) is 21.5 Å². The third-order valence-corrected chi connectivity index (χ3v) is 3.36. The average Bonchev–Trinajstić information content (AvgIpc) is 2.75. The number of aromatic nitrogens is 2. The van der Waals surface area contributed by atoms with Crippen LogP contribution >= 0.6 is 22.6 Å². The standard InChI is InChI=1S/C13H15FIN3/c1-9(2)16-8-11-5-6-18(17-11)13-4-3-10(14)7-12(13)15/h3-7,9,16H,8H2,1-2H3. The maximum absolute atomic E-state index is 13.0. The molecule has 0 unspecified atom stereocenters. The van der Waals surface area contributed by atoms with Crippen LogP contribution in [-0.4, -0.2) is 15.8 Å². The lowest BCUT2D eigenvalue weighted by atomic mass is 10.3. The van der Waals surface area contributed by atoms with E-state index in [-0.39, 0.29) is 5.82 Å². The summed E-state index contributed by atoms with van der Waals surface area (Å²) in [5, 5.41) is 7.78. The topological polar surface area (TPSA) is 29.9 Å². The van der Waals surface area contributed by atoms with Crippen molar-refractivity contribution in [3.05, 3.63) is 45.5 Å². The molecule has 0 fully saturated rings. The van der Waals surface area contributed by atoms with Crippen LogP contribution in [0.15, 0.2) is 30.5 Å². The van der Waals surface area contributed by atoms with Gasteiger partial charge in [0.05, 0.1) is 11.4 Å². The Bertz CT molecular complexity index is 537. The molecule has 3 nitrogen and oxygen atoms in total. The highest BCUT2D eigenvalue weighted by atomic mass is 127. The van der Waals surface area contributed by atoms with Crippen LogP contribution in [0.25, 0.3) is 5.69 Å². The Hall–Kier alpha value is -0.950. The maximum atomic E-state index is 13.0. The summed E-state index contributed by atoms with van der Waals surface area (Å²) in [6.07, 6.45) is 1.90. The van der Waals surface area contributed by atoms with Crippen molar-refractivity contribution in [2.45, 2.75) is 26.4 Å². The molecular weight excluding hydrogens is 344 g/mol. The zero-order valence-electron chi connectivity index (χ0n) is 10.3. The second-order valence-corrected chi connectivity index (χ2v) is 5.55. The maximum Gasteiger partial charge on any atom is 0.124 e. The largest absolute Gasteiger partial charge is 0.309 e. The van der Waals surface area contributed by atoms with Gasteiger partial charge in [-0.05, 0) is 46.9 Å². The number of nitrogens with zero attached hydrogens (tertiary/aromatic N) is 2. The van der Waals surface area contributed by atoms with Crippen LogP contribution in [0, 0.1) is 9.39 Å². The molecule has 1 N–H and O–H groups in total. The van der Waals surface area contributed by atoms with Crippen LogP contribution < -0.4 is 5.32 Å². The van der Waals surface area contributed by atoms with Crippen LogP contribution in [0.5, 0.6) is 0 Å². The molecule has 0 amide bonds. The van der Waals surface area contributed by atoms with Crippen molar-refractivity contribution in [3.63, 3.8) is 0 Å². The van der Waals surface area contributed by atoms with Crippen LogP contribution in [0.2, 0.25) is 0 Å². The number of halogens is 2. The molecule has 0 aliphatic carbocycles. The first-order chi connectivity index (χ1) is 8.56. The van der Waals surface area contributed by atoms with Crippen molar-refractivity contribution in [1.29, 1.82) is 0 Å². The number of benzene rings is 1. The molecule has 0 aliphatic heterocycles. The fraction of sp³-hybridized carbons (Fsp3) is 0.308. The fourth-order valence-corrected chi connectivity index (χ4v) is 2.29. The predicted molar refractivity (Wildman–Crippen MR) is 78.2 cm³/mol. The van der Waals surface area contributed by atoms with Gasteiger partial charge < -0.3 is 5.32 Å². The normalized spacial score (nSPS) is 11.2. The lowest BCUT2D eigenvalue weighted by Gasteiger charge is -2.06. The number of hydrogen-bond donors (Lipinski definition) is 1. The van der Waals surface area contributed by atoms with E-state index in [0.29, 0.717) is 6.04 Å². The Morgan fingerprint density at radius 3 is 2.83 bits per heavy atom. The SMILES string of the molecule is CC(C)NCc1ccn(-c2ccc(F)cc2I)n1. The molecule has 0 aliphatic rings. The zero-order valence-corrected chi connectivity index (χ0v) is 12.5. The van der Waals surface area contributed by atoms with Gasteiger partial charge in [0, 0.05) is 22.4 Å². The molecule has 18 heavy (non-hydrogen) atoms. The van der Waals surface area contributed by atoms with Gasteiger partial charge in [0.2, 0.25) is 0 Å². The molecule has 1 aromatic heterocycles. The van der Waals surface area contributed by atoms with Crippen molar-refractivity contribution in [2.24, 2.45) is 0 Å². The van der Waals surface area contributed by atoms with Crippen molar-refractivity contribution >= 4 is 22.6 Å². The molecule has 1 aromatic carbocycles. The first kappa shape index (κ1) is 13.5. The van der Waals surface area contributed by atoms with Crippen molar-refractivity contribution in [3.8, 4) is 5.69 Å². The van der Waals surface area contributed by atoms with Crippen molar-refractivity contribution in [2.75, 3.05) is 0 Å². The van der Waals surface area contributed by atoms with Crippen LogP contribution in [0.4, 0.5) is 4.39 Å². The zero-order chi connectivity index (χ0) is 13.1. The minimum Gasteiger partial charge on any atom is -0.309 e. The summed E-state index contributed by atoms with van der Waals surface area (Å²) in [6.45, 7) is 4.93. The molecule has 0 bridgehead atoms. The third-order valence-electron chi connectivity index (χ3n) is 2.49. The van der Waals surface area contributed by atoms with Gasteiger partial charge in [0.1, 0.15) is 5.82 Å². The molecular formula is C13H15FIN3. The summed E-state index contributed by atoms with van der Waals surface area (Å²) in [5.74, 6) is -0.225. The van der Waals surface area contributed by atoms with Gasteiger partial charge in [-0.1, -0.05) is 13.8 Å². The molecule has 5 heteroatoms. The van der Waals surface area contributed by atoms with E-state index in [9.17, 15) is 4.39 Å². The highest BCUT2D eigenvalue weighted by Crippen LogP contribution is 2.17. The first-order valence-corrected chi connectivity index (χ1v) is 6.87. The molecule has 96 valence electrons. The number of hydrogen-bond acceptors (Lipinski definition) is 2. The summed E-state index contributed by atoms with van der Waals surface area (Å²) < 4.78 is 15.7. The van der Waals surface area contributed by atoms with E-state index < -0.39 is 0 Å². The molecule has 1 heterocycles. The van der Waals surface area contributed by atoms with E-state index in [2.05, 4.69) is 46.9 Å². The summed E-state index contributed by atoms with van der Waals surface area (Å²) in [6, 6.07) is 7.09. The lowest BCUT2D eigenvalue weighted by molar-refractivity contribution is 0.578. The third kappa shape index (κ3) is 3.29. The van der Waals surface area contributed by atoms with Crippen molar-refractivity contribution in [1.82, 2.24) is 15.1 Å². The Kier molecular flexibility index (Phi) is 4.34. The average molecular weight is 359 g/mol. The molecule has 0 saturated carbocycles. The molecule has 2 aromatic rings. The lowest BCUT2D eigenvalue weighted by Crippen LogP contribution is -2.22. The van der Waals surface area contributed by atoms with Crippen LogP contribution in [0.3, 0.4) is 0 Å². The number of nitrogens with one attached hydrogen (secondary N) is 1. The molecule has 0 spiro atoms. The Morgan fingerprint density at radius 2 is 2.17 bits per heavy atom. The quantitative estimate of drug-likeness (QED) is 0.851. The van der Waals surface area contributed by atoms with Gasteiger partial charge in [-0.2, -0.15) is 5.10 Å². The van der Waals surface area contributed by atoms with E-state index in [4.69, 9.17) is 0 Å². The van der Waals surface area contributed by atoms with Gasteiger partial charge in [0.15, 0.2) is 0 Å². The second kappa shape index (κ2) is 5.79. The minimum absolute atomic E-state index is 0.225. The van der Waals surface area contributed by atoms with Gasteiger partial charge >= 0.3 is 0 Å². The van der Waals surface area contributed by atoms with Gasteiger partial charge in [-0.15, -0.1) is 0 Å². The Labute approximate surface area is 120 Å². The van der Waals surface area contributed by atoms with Crippen LogP contribution in [0.1, 0.15) is 19.5 Å². The molecule has 0 saturated heterocycles. The summed E-state index contributed by atoms with van der Waals surface area (Å²) in [7, 11) is 0. The number of rotatable bonds is 4. The van der Waals surface area contributed by atoms with Gasteiger partial charge in [-0.25, -0.2) is 9.07 Å². The smallest absolute Gasteiger partial charge is 0.124 e. The van der Waals surface area contributed by atoms with Gasteiger partial charge in [-0.3, -0.25) is 0 Å². The Morgan fingerprint density at radius 1 is 1.39 bits per heavy atom. The van der Waals surface area contributed by atoms with Crippen LogP contribution in [-0.2, 0) is 6.54 Å². The summed E-state index contributed by atoms with van der Waals surface area (Å²) >= 11 is 2.11. The van der Waals surface area contributed by atoms with Gasteiger partial charge in [0.25, 0.3) is 0 Å². The molecule has 2 rings (SSSR count).